The Morgan fingerprint density at radius 3 is 2.80 bits per heavy atom. The summed E-state index contributed by atoms with van der Waals surface area (Å²) in [6.45, 7) is 0. The van der Waals surface area contributed by atoms with Gasteiger partial charge in [0.05, 0.1) is 17.4 Å². The Bertz CT molecular complexity index is 775. The average molecular weight is 293 g/mol. The summed E-state index contributed by atoms with van der Waals surface area (Å²) < 4.78 is 28.6. The minimum absolute atomic E-state index is 0.0858. The van der Waals surface area contributed by atoms with Crippen molar-refractivity contribution in [1.29, 1.82) is 0 Å². The summed E-state index contributed by atoms with van der Waals surface area (Å²) in [4.78, 5) is 16.1. The van der Waals surface area contributed by atoms with Crippen molar-refractivity contribution in [3.05, 3.63) is 24.5 Å². The minimum atomic E-state index is -3.86. The molecular formula is C13H15N3O3S. The summed E-state index contributed by atoms with van der Waals surface area (Å²) >= 11 is 0. The molecule has 3 rings (SSSR count). The second-order valence-corrected chi connectivity index (χ2v) is 6.73. The maximum Gasteiger partial charge on any atom is 0.266 e. The van der Waals surface area contributed by atoms with Crippen molar-refractivity contribution in [3.8, 4) is 0 Å². The first-order valence-electron chi connectivity index (χ1n) is 6.46. The molecule has 1 saturated carbocycles. The van der Waals surface area contributed by atoms with E-state index in [2.05, 4.69) is 9.71 Å². The standard InChI is InChI=1S/C13H15N3O3S/c1-16-8-14-10-6-3-7-11(12(10)16)20(18,19)15-13(17)9-4-2-5-9/h3,6-9H,2,4-5H2,1H3,(H,15,17). The average Bonchev–Trinajstić information content (AvgIpc) is 2.68. The number of fused-ring (bicyclic) bond motifs is 1. The summed E-state index contributed by atoms with van der Waals surface area (Å²) in [6.07, 6.45) is 4.06. The van der Waals surface area contributed by atoms with Crippen molar-refractivity contribution in [2.75, 3.05) is 0 Å². The fourth-order valence-electron chi connectivity index (χ4n) is 2.33. The zero-order valence-corrected chi connectivity index (χ0v) is 11.9. The number of aromatic nitrogens is 2. The number of nitrogens with one attached hydrogen (secondary N) is 1. The highest BCUT2D eigenvalue weighted by atomic mass is 32.2. The lowest BCUT2D eigenvalue weighted by Gasteiger charge is -2.23. The number of carbonyl (C=O) groups is 1. The molecule has 0 unspecified atom stereocenters. The van der Waals surface area contributed by atoms with Crippen LogP contribution in [0.25, 0.3) is 11.0 Å². The predicted octanol–water partition coefficient (Wildman–Crippen LogP) is 1.18. The van der Waals surface area contributed by atoms with Gasteiger partial charge in [0.2, 0.25) is 5.91 Å². The van der Waals surface area contributed by atoms with Crippen molar-refractivity contribution in [1.82, 2.24) is 14.3 Å². The van der Waals surface area contributed by atoms with E-state index in [4.69, 9.17) is 0 Å². The SMILES string of the molecule is Cn1cnc2cccc(S(=O)(=O)NC(=O)C3CCC3)c21. The predicted molar refractivity (Wildman–Crippen MR) is 73.4 cm³/mol. The van der Waals surface area contributed by atoms with E-state index in [1.165, 1.54) is 6.07 Å². The molecule has 0 spiro atoms. The Morgan fingerprint density at radius 2 is 2.15 bits per heavy atom. The van der Waals surface area contributed by atoms with E-state index >= 15 is 0 Å². The Kier molecular flexibility index (Phi) is 3.01. The third-order valence-electron chi connectivity index (χ3n) is 3.70. The zero-order chi connectivity index (χ0) is 14.3. The first-order chi connectivity index (χ1) is 9.49. The smallest absolute Gasteiger partial charge is 0.266 e. The van der Waals surface area contributed by atoms with E-state index in [1.807, 2.05) is 0 Å². The number of para-hydroxylation sites is 1. The Labute approximate surface area is 116 Å². The van der Waals surface area contributed by atoms with Crippen LogP contribution in [0.2, 0.25) is 0 Å². The fraction of sp³-hybridized carbons (Fsp3) is 0.385. The minimum Gasteiger partial charge on any atom is -0.333 e. The molecule has 6 nitrogen and oxygen atoms in total. The van der Waals surface area contributed by atoms with E-state index < -0.39 is 15.9 Å². The molecule has 0 atom stereocenters. The highest BCUT2D eigenvalue weighted by Gasteiger charge is 2.30. The van der Waals surface area contributed by atoms with Crippen LogP contribution < -0.4 is 4.72 Å². The number of hydrogen-bond donors (Lipinski definition) is 1. The highest BCUT2D eigenvalue weighted by molar-refractivity contribution is 7.90. The molecule has 0 aliphatic heterocycles. The van der Waals surface area contributed by atoms with Crippen LogP contribution in [0.15, 0.2) is 29.4 Å². The van der Waals surface area contributed by atoms with Crippen LogP contribution in [0.1, 0.15) is 19.3 Å². The highest BCUT2D eigenvalue weighted by Crippen LogP contribution is 2.27. The van der Waals surface area contributed by atoms with E-state index in [0.717, 1.165) is 19.3 Å². The molecule has 1 aromatic heterocycles. The molecule has 1 amide bonds. The Morgan fingerprint density at radius 1 is 1.40 bits per heavy atom. The monoisotopic (exact) mass is 293 g/mol. The maximum atomic E-state index is 12.4. The van der Waals surface area contributed by atoms with Gasteiger partial charge in [-0.25, -0.2) is 18.1 Å². The van der Waals surface area contributed by atoms with Gasteiger partial charge in [-0.1, -0.05) is 12.5 Å². The number of imidazole rings is 1. The van der Waals surface area contributed by atoms with Gasteiger partial charge < -0.3 is 4.57 Å². The largest absolute Gasteiger partial charge is 0.333 e. The number of nitrogens with zero attached hydrogens (tertiary/aromatic N) is 2. The van der Waals surface area contributed by atoms with Crippen molar-refractivity contribution in [3.63, 3.8) is 0 Å². The molecule has 1 aliphatic rings. The molecule has 2 aromatic rings. The summed E-state index contributed by atoms with van der Waals surface area (Å²) in [5.41, 5.74) is 1.09. The number of sulfonamides is 1. The van der Waals surface area contributed by atoms with Crippen LogP contribution in [0.4, 0.5) is 0 Å². The van der Waals surface area contributed by atoms with E-state index in [1.54, 1.807) is 30.1 Å². The van der Waals surface area contributed by atoms with Gasteiger partial charge in [0.1, 0.15) is 4.90 Å². The number of hydrogen-bond acceptors (Lipinski definition) is 4. The van der Waals surface area contributed by atoms with Gasteiger partial charge in [0.25, 0.3) is 10.0 Å². The molecule has 1 fully saturated rings. The van der Waals surface area contributed by atoms with Crippen molar-refractivity contribution < 1.29 is 13.2 Å². The molecule has 1 aromatic carbocycles. The van der Waals surface area contributed by atoms with Crippen molar-refractivity contribution in [2.45, 2.75) is 24.2 Å². The lowest BCUT2D eigenvalue weighted by Crippen LogP contribution is -2.38. The molecule has 20 heavy (non-hydrogen) atoms. The quantitative estimate of drug-likeness (QED) is 0.921. The van der Waals surface area contributed by atoms with Crippen molar-refractivity contribution in [2.24, 2.45) is 13.0 Å². The molecule has 106 valence electrons. The van der Waals surface area contributed by atoms with Gasteiger partial charge >= 0.3 is 0 Å². The number of benzene rings is 1. The van der Waals surface area contributed by atoms with Crippen LogP contribution in [0.5, 0.6) is 0 Å². The summed E-state index contributed by atoms with van der Waals surface area (Å²) in [6, 6.07) is 4.85. The van der Waals surface area contributed by atoms with E-state index in [-0.39, 0.29) is 10.8 Å². The summed E-state index contributed by atoms with van der Waals surface area (Å²) in [7, 11) is -2.14. The van der Waals surface area contributed by atoms with E-state index in [9.17, 15) is 13.2 Å². The first kappa shape index (κ1) is 13.1. The molecule has 1 heterocycles. The van der Waals surface area contributed by atoms with Crippen molar-refractivity contribution >= 4 is 27.0 Å². The van der Waals surface area contributed by atoms with Gasteiger partial charge in [-0.15, -0.1) is 0 Å². The first-order valence-corrected chi connectivity index (χ1v) is 7.94. The van der Waals surface area contributed by atoms with Crippen LogP contribution in [-0.4, -0.2) is 23.9 Å². The molecule has 7 heteroatoms. The van der Waals surface area contributed by atoms with Crippen LogP contribution >= 0.6 is 0 Å². The topological polar surface area (TPSA) is 81.1 Å². The fourth-order valence-corrected chi connectivity index (χ4v) is 3.64. The van der Waals surface area contributed by atoms with Gasteiger partial charge in [-0.2, -0.15) is 0 Å². The molecule has 1 aliphatic carbocycles. The van der Waals surface area contributed by atoms with Gasteiger partial charge in [-0.3, -0.25) is 4.79 Å². The summed E-state index contributed by atoms with van der Waals surface area (Å²) in [5.74, 6) is -0.578. The lowest BCUT2D eigenvalue weighted by atomic mass is 9.85. The normalized spacial score (nSPS) is 16.1. The Balaban J connectivity index is 2.00. The second-order valence-electron chi connectivity index (χ2n) is 5.08. The van der Waals surface area contributed by atoms with Gasteiger partial charge in [0, 0.05) is 13.0 Å². The number of carbonyl (C=O) groups excluding carboxylic acids is 1. The van der Waals surface area contributed by atoms with Gasteiger partial charge in [0.15, 0.2) is 0 Å². The van der Waals surface area contributed by atoms with Crippen LogP contribution in [-0.2, 0) is 21.9 Å². The van der Waals surface area contributed by atoms with E-state index in [0.29, 0.717) is 11.0 Å². The third kappa shape index (κ3) is 2.07. The zero-order valence-electron chi connectivity index (χ0n) is 11.0. The third-order valence-corrected chi connectivity index (χ3v) is 5.08. The number of amides is 1. The molecular weight excluding hydrogens is 278 g/mol. The second kappa shape index (κ2) is 4.59. The molecule has 0 radical (unpaired) electrons. The molecule has 1 N–H and O–H groups in total. The lowest BCUT2D eigenvalue weighted by molar-refractivity contribution is -0.125. The number of aryl methyl sites for hydroxylation is 1. The van der Waals surface area contributed by atoms with Crippen LogP contribution in [0, 0.1) is 5.92 Å². The summed E-state index contributed by atoms with van der Waals surface area (Å²) in [5, 5.41) is 0. The molecule has 0 bridgehead atoms. The number of rotatable bonds is 3. The Hall–Kier alpha value is -1.89. The van der Waals surface area contributed by atoms with Gasteiger partial charge in [-0.05, 0) is 25.0 Å². The maximum absolute atomic E-state index is 12.4. The molecule has 0 saturated heterocycles. The van der Waals surface area contributed by atoms with Crippen LogP contribution in [0.3, 0.4) is 0 Å².